The highest BCUT2D eigenvalue weighted by molar-refractivity contribution is 5.84. The Morgan fingerprint density at radius 3 is 3.14 bits per heavy atom. The highest BCUT2D eigenvalue weighted by atomic mass is 16.4. The summed E-state index contributed by atoms with van der Waals surface area (Å²) in [5.41, 5.74) is 1.25. The number of aliphatic hydroxyl groups excluding tert-OH is 1. The Kier molecular flexibility index (Phi) is 4.06. The molecule has 0 bridgehead atoms. The molecular weight excluding hydrogens is 286 g/mol. The van der Waals surface area contributed by atoms with Gasteiger partial charge in [0.25, 0.3) is 0 Å². The van der Waals surface area contributed by atoms with Gasteiger partial charge < -0.3 is 19.7 Å². The van der Waals surface area contributed by atoms with Gasteiger partial charge in [0.05, 0.1) is 6.54 Å². The molecule has 1 aliphatic heterocycles. The summed E-state index contributed by atoms with van der Waals surface area (Å²) in [6, 6.07) is 6.75. The number of nitrogens with one attached hydrogen (secondary N) is 1. The quantitative estimate of drug-likeness (QED) is 0.789. The van der Waals surface area contributed by atoms with Crippen molar-refractivity contribution in [1.29, 1.82) is 0 Å². The number of likely N-dealkylation sites (tertiary alicyclic amines) is 1. The zero-order chi connectivity index (χ0) is 15.5. The summed E-state index contributed by atoms with van der Waals surface area (Å²) in [7, 11) is 0. The molecule has 1 saturated heterocycles. The molecule has 2 heterocycles. The lowest BCUT2D eigenvalue weighted by Crippen LogP contribution is -2.43. The number of benzene rings is 1. The minimum Gasteiger partial charge on any atom is -0.438 e. The molecule has 1 aliphatic rings. The van der Waals surface area contributed by atoms with E-state index in [-0.39, 0.29) is 18.3 Å². The Hall–Kier alpha value is -2.41. The van der Waals surface area contributed by atoms with E-state index >= 15 is 0 Å². The van der Waals surface area contributed by atoms with Gasteiger partial charge in [0, 0.05) is 6.54 Å². The number of aromatic nitrogens is 1. The molecule has 2 unspecified atom stereocenters. The summed E-state index contributed by atoms with van der Waals surface area (Å²) in [4.78, 5) is 28.6. The summed E-state index contributed by atoms with van der Waals surface area (Å²) in [5, 5.41) is 12.7. The van der Waals surface area contributed by atoms with E-state index in [2.05, 4.69) is 10.3 Å². The van der Waals surface area contributed by atoms with Crippen LogP contribution in [0.5, 0.6) is 0 Å². The molecule has 22 heavy (non-hydrogen) atoms. The average molecular weight is 303 g/mol. The fourth-order valence-corrected chi connectivity index (χ4v) is 2.63. The Morgan fingerprint density at radius 1 is 1.55 bits per heavy atom. The molecule has 2 aromatic rings. The van der Waals surface area contributed by atoms with Crippen molar-refractivity contribution in [3.8, 4) is 0 Å². The molecular formula is C15H17N3O4. The van der Waals surface area contributed by atoms with Crippen molar-refractivity contribution < 1.29 is 19.1 Å². The number of aliphatic hydroxyl groups is 1. The Balaban J connectivity index is 1.60. The number of oxazole rings is 1. The number of para-hydroxylation sites is 2. The lowest BCUT2D eigenvalue weighted by atomic mass is 10.2. The molecule has 0 spiro atoms. The Morgan fingerprint density at radius 2 is 2.36 bits per heavy atom. The van der Waals surface area contributed by atoms with Gasteiger partial charge in [-0.05, 0) is 25.0 Å². The number of carbonyl (C=O) groups is 2. The van der Waals surface area contributed by atoms with Crippen molar-refractivity contribution in [1.82, 2.24) is 15.2 Å². The van der Waals surface area contributed by atoms with E-state index in [1.807, 2.05) is 12.1 Å². The molecule has 7 nitrogen and oxygen atoms in total. The van der Waals surface area contributed by atoms with Crippen molar-refractivity contribution in [2.45, 2.75) is 25.0 Å². The van der Waals surface area contributed by atoms with E-state index in [0.29, 0.717) is 30.5 Å². The average Bonchev–Trinajstić information content (AvgIpc) is 3.17. The van der Waals surface area contributed by atoms with Gasteiger partial charge in [-0.2, -0.15) is 0 Å². The topological polar surface area (TPSA) is 95.7 Å². The van der Waals surface area contributed by atoms with Gasteiger partial charge in [-0.25, -0.2) is 4.98 Å². The van der Waals surface area contributed by atoms with Crippen LogP contribution in [0.15, 0.2) is 28.7 Å². The van der Waals surface area contributed by atoms with Crippen molar-refractivity contribution >= 4 is 23.4 Å². The predicted molar refractivity (Wildman–Crippen MR) is 77.8 cm³/mol. The van der Waals surface area contributed by atoms with Crippen LogP contribution in [0.3, 0.4) is 0 Å². The molecule has 2 amide bonds. The van der Waals surface area contributed by atoms with Crippen LogP contribution in [-0.4, -0.2) is 46.4 Å². The van der Waals surface area contributed by atoms with Crippen LogP contribution in [0.4, 0.5) is 0 Å². The molecule has 0 saturated carbocycles. The SMILES string of the molecule is O=CN1CCCC1C(=O)NCC(O)c1nc2ccccc2o1. The number of fused-ring (bicyclic) bond motifs is 1. The number of rotatable bonds is 5. The molecule has 0 radical (unpaired) electrons. The molecule has 2 atom stereocenters. The number of hydrogen-bond acceptors (Lipinski definition) is 5. The monoisotopic (exact) mass is 303 g/mol. The number of carbonyl (C=O) groups excluding carboxylic acids is 2. The molecule has 7 heteroatoms. The molecule has 1 aromatic carbocycles. The van der Waals surface area contributed by atoms with Crippen molar-refractivity contribution in [3.05, 3.63) is 30.2 Å². The Bertz CT molecular complexity index is 651. The maximum absolute atomic E-state index is 12.0. The fraction of sp³-hybridized carbons (Fsp3) is 0.400. The third-order valence-electron chi connectivity index (χ3n) is 3.80. The highest BCUT2D eigenvalue weighted by Crippen LogP contribution is 2.20. The first kappa shape index (κ1) is 14.5. The number of hydrogen-bond donors (Lipinski definition) is 2. The first-order valence-corrected chi connectivity index (χ1v) is 7.21. The van der Waals surface area contributed by atoms with Crippen LogP contribution < -0.4 is 5.32 Å². The first-order chi connectivity index (χ1) is 10.7. The molecule has 0 aliphatic carbocycles. The second kappa shape index (κ2) is 6.15. The zero-order valence-electron chi connectivity index (χ0n) is 11.9. The summed E-state index contributed by atoms with van der Waals surface area (Å²) >= 11 is 0. The third-order valence-corrected chi connectivity index (χ3v) is 3.80. The molecule has 3 rings (SSSR count). The maximum atomic E-state index is 12.0. The number of nitrogens with zero attached hydrogens (tertiary/aromatic N) is 2. The summed E-state index contributed by atoms with van der Waals surface area (Å²) in [6.07, 6.45) is 1.12. The van der Waals surface area contributed by atoms with Gasteiger partial charge >= 0.3 is 0 Å². The van der Waals surface area contributed by atoms with Gasteiger partial charge in [-0.15, -0.1) is 0 Å². The van der Waals surface area contributed by atoms with Crippen molar-refractivity contribution in [2.24, 2.45) is 0 Å². The van der Waals surface area contributed by atoms with Crippen LogP contribution in [0.2, 0.25) is 0 Å². The zero-order valence-corrected chi connectivity index (χ0v) is 11.9. The largest absolute Gasteiger partial charge is 0.438 e. The molecule has 2 N–H and O–H groups in total. The summed E-state index contributed by atoms with van der Waals surface area (Å²) < 4.78 is 5.45. The van der Waals surface area contributed by atoms with Gasteiger partial charge in [-0.3, -0.25) is 9.59 Å². The van der Waals surface area contributed by atoms with Crippen molar-refractivity contribution in [2.75, 3.05) is 13.1 Å². The minimum atomic E-state index is -1.03. The maximum Gasteiger partial charge on any atom is 0.242 e. The van der Waals surface area contributed by atoms with E-state index < -0.39 is 12.1 Å². The minimum absolute atomic E-state index is 0.00511. The predicted octanol–water partition coefficient (Wildman–Crippen LogP) is 0.598. The number of amides is 2. The first-order valence-electron chi connectivity index (χ1n) is 7.21. The second-order valence-corrected chi connectivity index (χ2v) is 5.28. The second-order valence-electron chi connectivity index (χ2n) is 5.28. The van der Waals surface area contributed by atoms with Crippen LogP contribution in [0, 0.1) is 0 Å². The van der Waals surface area contributed by atoms with Crippen LogP contribution in [0.1, 0.15) is 24.8 Å². The summed E-state index contributed by atoms with van der Waals surface area (Å²) in [5.74, 6) is -0.0973. The lowest BCUT2D eigenvalue weighted by molar-refractivity contribution is -0.131. The van der Waals surface area contributed by atoms with E-state index in [1.165, 1.54) is 4.90 Å². The molecule has 1 fully saturated rings. The van der Waals surface area contributed by atoms with Gasteiger partial charge in [0.2, 0.25) is 18.2 Å². The third kappa shape index (κ3) is 2.80. The van der Waals surface area contributed by atoms with E-state index in [4.69, 9.17) is 4.42 Å². The van der Waals surface area contributed by atoms with Gasteiger partial charge in [0.15, 0.2) is 5.58 Å². The van der Waals surface area contributed by atoms with E-state index in [1.54, 1.807) is 12.1 Å². The van der Waals surface area contributed by atoms with Crippen LogP contribution in [-0.2, 0) is 9.59 Å². The van der Waals surface area contributed by atoms with Crippen molar-refractivity contribution in [3.63, 3.8) is 0 Å². The Labute approximate surface area is 126 Å². The summed E-state index contributed by atoms with van der Waals surface area (Å²) in [6.45, 7) is 0.587. The normalized spacial score (nSPS) is 19.3. The van der Waals surface area contributed by atoms with Crippen LogP contribution >= 0.6 is 0 Å². The molecule has 116 valence electrons. The van der Waals surface area contributed by atoms with Crippen LogP contribution in [0.25, 0.3) is 11.1 Å². The highest BCUT2D eigenvalue weighted by Gasteiger charge is 2.30. The van der Waals surface area contributed by atoms with E-state index in [0.717, 1.165) is 6.42 Å². The fourth-order valence-electron chi connectivity index (χ4n) is 2.63. The lowest BCUT2D eigenvalue weighted by Gasteiger charge is -2.19. The van der Waals surface area contributed by atoms with Gasteiger partial charge in [0.1, 0.15) is 17.7 Å². The van der Waals surface area contributed by atoms with E-state index in [9.17, 15) is 14.7 Å². The molecule has 1 aromatic heterocycles. The smallest absolute Gasteiger partial charge is 0.242 e. The van der Waals surface area contributed by atoms with Gasteiger partial charge in [-0.1, -0.05) is 12.1 Å². The standard InChI is InChI=1S/C15H17N3O4/c19-9-18-7-3-5-11(18)14(21)16-8-12(20)15-17-10-4-1-2-6-13(10)22-15/h1-2,4,6,9,11-12,20H,3,5,7-8H2,(H,16,21).